The van der Waals surface area contributed by atoms with Gasteiger partial charge >= 0.3 is 0 Å². The summed E-state index contributed by atoms with van der Waals surface area (Å²) in [6.45, 7) is 3.87. The Labute approximate surface area is 202 Å². The molecule has 2 aliphatic rings. The highest BCUT2D eigenvalue weighted by atomic mass is 35.5. The van der Waals surface area contributed by atoms with Crippen LogP contribution >= 0.6 is 11.6 Å². The second-order valence-corrected chi connectivity index (χ2v) is 8.83. The minimum atomic E-state index is -0.878. The zero-order valence-electron chi connectivity index (χ0n) is 18.7. The van der Waals surface area contributed by atoms with E-state index in [0.717, 1.165) is 18.8 Å². The molecule has 2 aromatic carbocycles. The molecule has 2 N–H and O–H groups in total. The number of nitrogens with one attached hydrogen (secondary N) is 2. The quantitative estimate of drug-likeness (QED) is 0.650. The zero-order valence-corrected chi connectivity index (χ0v) is 19.4. The minimum absolute atomic E-state index is 0.167. The summed E-state index contributed by atoms with van der Waals surface area (Å²) in [5.41, 5.74) is 1.52. The van der Waals surface area contributed by atoms with Crippen molar-refractivity contribution in [2.45, 2.75) is 12.5 Å². The zero-order chi connectivity index (χ0) is 24.1. The van der Waals surface area contributed by atoms with Crippen LogP contribution in [0.3, 0.4) is 0 Å². The summed E-state index contributed by atoms with van der Waals surface area (Å²) in [5.74, 6) is -1.34. The summed E-state index contributed by atoms with van der Waals surface area (Å²) in [7, 11) is 0. The van der Waals surface area contributed by atoms with Gasteiger partial charge < -0.3 is 20.4 Å². The van der Waals surface area contributed by atoms with Crippen LogP contribution in [0.1, 0.15) is 6.42 Å². The fraction of sp³-hybridized carbons (Fsp3) is 0.375. The Morgan fingerprint density at radius 2 is 1.68 bits per heavy atom. The van der Waals surface area contributed by atoms with Gasteiger partial charge in [-0.2, -0.15) is 0 Å². The number of benzene rings is 2. The maximum absolute atomic E-state index is 13.1. The monoisotopic (exact) mass is 487 g/mol. The minimum Gasteiger partial charge on any atom is -0.369 e. The lowest BCUT2D eigenvalue weighted by atomic mass is 10.1. The normalized spacial score (nSPS) is 19.0. The predicted octanol–water partition coefficient (Wildman–Crippen LogP) is 1.96. The van der Waals surface area contributed by atoms with Crippen molar-refractivity contribution in [2.75, 3.05) is 56.0 Å². The van der Waals surface area contributed by atoms with Gasteiger partial charge in [-0.1, -0.05) is 11.6 Å². The van der Waals surface area contributed by atoms with Crippen LogP contribution in [0.2, 0.25) is 5.02 Å². The van der Waals surface area contributed by atoms with Crippen LogP contribution in [0, 0.1) is 5.82 Å². The SMILES string of the molecule is O=C(CC1C(=O)NCCN1C(=O)CN1CCN(c2ccc(Cl)cc2)CC1)Nc1ccc(F)cc1. The van der Waals surface area contributed by atoms with E-state index in [4.69, 9.17) is 11.6 Å². The fourth-order valence-electron chi connectivity index (χ4n) is 4.24. The second-order valence-electron chi connectivity index (χ2n) is 8.39. The first-order valence-corrected chi connectivity index (χ1v) is 11.6. The molecule has 34 heavy (non-hydrogen) atoms. The van der Waals surface area contributed by atoms with Gasteiger partial charge in [0.1, 0.15) is 11.9 Å². The first kappa shape index (κ1) is 24.0. The highest BCUT2D eigenvalue weighted by molar-refractivity contribution is 6.30. The third-order valence-corrected chi connectivity index (χ3v) is 6.33. The third-order valence-electron chi connectivity index (χ3n) is 6.08. The number of piperazine rings is 2. The maximum atomic E-state index is 13.1. The molecule has 0 saturated carbocycles. The van der Waals surface area contributed by atoms with Crippen LogP contribution in [0.15, 0.2) is 48.5 Å². The molecule has 0 aliphatic carbocycles. The van der Waals surface area contributed by atoms with E-state index in [1.54, 1.807) is 0 Å². The molecular formula is C24H27ClFN5O3. The van der Waals surface area contributed by atoms with Crippen molar-refractivity contribution < 1.29 is 18.8 Å². The summed E-state index contributed by atoms with van der Waals surface area (Å²) >= 11 is 5.97. The van der Waals surface area contributed by atoms with E-state index in [1.165, 1.54) is 29.2 Å². The fourth-order valence-corrected chi connectivity index (χ4v) is 4.36. The van der Waals surface area contributed by atoms with E-state index in [1.807, 2.05) is 24.3 Å². The molecule has 2 saturated heterocycles. The van der Waals surface area contributed by atoms with Crippen LogP contribution < -0.4 is 15.5 Å². The van der Waals surface area contributed by atoms with Gasteiger partial charge in [0, 0.05) is 55.7 Å². The first-order valence-electron chi connectivity index (χ1n) is 11.2. The molecule has 2 fully saturated rings. The number of amides is 3. The van der Waals surface area contributed by atoms with E-state index in [9.17, 15) is 18.8 Å². The summed E-state index contributed by atoms with van der Waals surface area (Å²) in [6, 6.07) is 12.2. The molecule has 1 atom stereocenters. The van der Waals surface area contributed by atoms with Gasteiger partial charge in [-0.05, 0) is 48.5 Å². The van der Waals surface area contributed by atoms with Crippen LogP contribution in [0.25, 0.3) is 0 Å². The average molecular weight is 488 g/mol. The van der Waals surface area contributed by atoms with Crippen molar-refractivity contribution in [1.82, 2.24) is 15.1 Å². The lowest BCUT2D eigenvalue weighted by Crippen LogP contribution is -2.60. The lowest BCUT2D eigenvalue weighted by molar-refractivity contribution is -0.145. The number of hydrogen-bond donors (Lipinski definition) is 2. The van der Waals surface area contributed by atoms with Gasteiger partial charge in [0.15, 0.2) is 0 Å². The van der Waals surface area contributed by atoms with E-state index in [0.29, 0.717) is 36.9 Å². The summed E-state index contributed by atoms with van der Waals surface area (Å²) in [5, 5.41) is 6.08. The number of carbonyl (C=O) groups is 3. The number of carbonyl (C=O) groups excluding carboxylic acids is 3. The van der Waals surface area contributed by atoms with Crippen LogP contribution in [0.5, 0.6) is 0 Å². The van der Waals surface area contributed by atoms with Gasteiger partial charge in [0.25, 0.3) is 0 Å². The number of hydrogen-bond acceptors (Lipinski definition) is 5. The number of halogens is 2. The van der Waals surface area contributed by atoms with Gasteiger partial charge in [-0.3, -0.25) is 19.3 Å². The Balaban J connectivity index is 1.31. The van der Waals surface area contributed by atoms with E-state index < -0.39 is 17.8 Å². The van der Waals surface area contributed by atoms with Crippen molar-refractivity contribution in [1.29, 1.82) is 0 Å². The Bertz CT molecular complexity index is 1030. The van der Waals surface area contributed by atoms with Crippen molar-refractivity contribution in [3.63, 3.8) is 0 Å². The highest BCUT2D eigenvalue weighted by Crippen LogP contribution is 2.20. The maximum Gasteiger partial charge on any atom is 0.243 e. The van der Waals surface area contributed by atoms with Crippen molar-refractivity contribution in [2.24, 2.45) is 0 Å². The highest BCUT2D eigenvalue weighted by Gasteiger charge is 2.35. The first-order chi connectivity index (χ1) is 16.4. The predicted molar refractivity (Wildman–Crippen MR) is 128 cm³/mol. The Morgan fingerprint density at radius 3 is 2.35 bits per heavy atom. The molecule has 0 radical (unpaired) electrons. The standard InChI is InChI=1S/C24H27ClFN5O3/c25-17-1-7-20(8-2-17)30-13-11-29(12-14-30)16-23(33)31-10-9-27-24(34)21(31)15-22(32)28-19-5-3-18(26)4-6-19/h1-8,21H,9-16H2,(H,27,34)(H,28,32). The van der Waals surface area contributed by atoms with E-state index in [2.05, 4.69) is 20.4 Å². The molecule has 180 valence electrons. The molecular weight excluding hydrogens is 461 g/mol. The van der Waals surface area contributed by atoms with E-state index >= 15 is 0 Å². The second kappa shape index (κ2) is 10.8. The molecule has 0 bridgehead atoms. The number of anilines is 2. The molecule has 2 aliphatic heterocycles. The van der Waals surface area contributed by atoms with Crippen LogP contribution in [-0.4, -0.2) is 79.4 Å². The van der Waals surface area contributed by atoms with Crippen LogP contribution in [-0.2, 0) is 14.4 Å². The average Bonchev–Trinajstić information content (AvgIpc) is 2.83. The van der Waals surface area contributed by atoms with Gasteiger partial charge in [-0.15, -0.1) is 0 Å². The molecule has 8 nitrogen and oxygen atoms in total. The number of rotatable bonds is 6. The molecule has 0 aromatic heterocycles. The summed E-state index contributed by atoms with van der Waals surface area (Å²) in [4.78, 5) is 43.9. The molecule has 10 heteroatoms. The number of nitrogens with zero attached hydrogens (tertiary/aromatic N) is 3. The molecule has 3 amide bonds. The molecule has 0 spiro atoms. The van der Waals surface area contributed by atoms with Gasteiger partial charge in [-0.25, -0.2) is 4.39 Å². The van der Waals surface area contributed by atoms with Gasteiger partial charge in [0.05, 0.1) is 13.0 Å². The Morgan fingerprint density at radius 1 is 1.00 bits per heavy atom. The van der Waals surface area contributed by atoms with Crippen LogP contribution in [0.4, 0.5) is 15.8 Å². The third kappa shape index (κ3) is 6.03. The molecule has 1 unspecified atom stereocenters. The van der Waals surface area contributed by atoms with E-state index in [-0.39, 0.29) is 24.8 Å². The molecule has 2 heterocycles. The molecule has 2 aromatic rings. The van der Waals surface area contributed by atoms with Crippen molar-refractivity contribution >= 4 is 40.7 Å². The summed E-state index contributed by atoms with van der Waals surface area (Å²) in [6.07, 6.45) is -0.167. The Kier molecular flexibility index (Phi) is 7.64. The topological polar surface area (TPSA) is 85.0 Å². The van der Waals surface area contributed by atoms with Crippen molar-refractivity contribution in [3.05, 3.63) is 59.4 Å². The smallest absolute Gasteiger partial charge is 0.243 e. The Hall–Kier alpha value is -3.17. The summed E-state index contributed by atoms with van der Waals surface area (Å²) < 4.78 is 13.1. The lowest BCUT2D eigenvalue weighted by Gasteiger charge is -2.39. The molecule has 4 rings (SSSR count). The van der Waals surface area contributed by atoms with Crippen molar-refractivity contribution in [3.8, 4) is 0 Å². The largest absolute Gasteiger partial charge is 0.369 e. The van der Waals surface area contributed by atoms with Gasteiger partial charge in [0.2, 0.25) is 17.7 Å².